The van der Waals surface area contributed by atoms with Crippen LogP contribution in [0.25, 0.3) is 21.8 Å². The third kappa shape index (κ3) is 5.97. The van der Waals surface area contributed by atoms with E-state index in [2.05, 4.69) is 76.1 Å². The van der Waals surface area contributed by atoms with E-state index in [9.17, 15) is 9.18 Å². The van der Waals surface area contributed by atoms with Gasteiger partial charge >= 0.3 is 0 Å². The van der Waals surface area contributed by atoms with Gasteiger partial charge < -0.3 is 19.5 Å². The highest BCUT2D eigenvalue weighted by Crippen LogP contribution is 2.30. The first-order valence-electron chi connectivity index (χ1n) is 15.2. The second-order valence-electron chi connectivity index (χ2n) is 11.7. The highest BCUT2D eigenvalue weighted by molar-refractivity contribution is 6.08. The smallest absolute Gasteiger partial charge is 0.254 e. The lowest BCUT2D eigenvalue weighted by Gasteiger charge is -2.32. The number of amides is 1. The van der Waals surface area contributed by atoms with Crippen LogP contribution >= 0.6 is 0 Å². The van der Waals surface area contributed by atoms with Crippen LogP contribution in [0, 0.1) is 5.82 Å². The monoisotopic (exact) mass is 556 g/mol. The molecule has 0 radical (unpaired) electrons. The Kier molecular flexibility index (Phi) is 8.26. The van der Waals surface area contributed by atoms with Gasteiger partial charge in [-0.25, -0.2) is 4.39 Å². The summed E-state index contributed by atoms with van der Waals surface area (Å²) in [6.07, 6.45) is 5.06. The molecule has 6 nitrogen and oxygen atoms in total. The first kappa shape index (κ1) is 27.7. The lowest BCUT2D eigenvalue weighted by molar-refractivity contribution is 0.0941. The molecule has 41 heavy (non-hydrogen) atoms. The molecule has 2 saturated heterocycles. The van der Waals surface area contributed by atoms with Crippen LogP contribution in [0.2, 0.25) is 0 Å². The van der Waals surface area contributed by atoms with E-state index < -0.39 is 5.82 Å². The number of rotatable bonds is 9. The largest absolute Gasteiger partial charge is 0.490 e. The summed E-state index contributed by atoms with van der Waals surface area (Å²) >= 11 is 0. The van der Waals surface area contributed by atoms with Gasteiger partial charge in [0.05, 0.1) is 5.56 Å². The fourth-order valence-corrected chi connectivity index (χ4v) is 6.72. The number of hydrogen-bond acceptors (Lipinski definition) is 4. The first-order valence-corrected chi connectivity index (χ1v) is 15.2. The number of ether oxygens (including phenoxy) is 1. The lowest BCUT2D eigenvalue weighted by atomic mass is 10.0. The van der Waals surface area contributed by atoms with Gasteiger partial charge in [-0.1, -0.05) is 24.3 Å². The maximum atomic E-state index is 14.8. The van der Waals surface area contributed by atoms with E-state index in [-0.39, 0.29) is 17.6 Å². The summed E-state index contributed by atoms with van der Waals surface area (Å²) in [6, 6.07) is 20.6. The third-order valence-corrected chi connectivity index (χ3v) is 9.02. The van der Waals surface area contributed by atoms with Gasteiger partial charge in [0.1, 0.15) is 17.7 Å². The van der Waals surface area contributed by atoms with Gasteiger partial charge in [0.25, 0.3) is 5.91 Å². The van der Waals surface area contributed by atoms with Crippen LogP contribution in [0.5, 0.6) is 5.75 Å². The maximum Gasteiger partial charge on any atom is 0.254 e. The quantitative estimate of drug-likeness (QED) is 0.266. The Morgan fingerprint density at radius 1 is 0.976 bits per heavy atom. The van der Waals surface area contributed by atoms with Gasteiger partial charge in [-0.15, -0.1) is 0 Å². The molecule has 7 heteroatoms. The number of likely N-dealkylation sites (tertiary alicyclic amines) is 2. The maximum absolute atomic E-state index is 14.8. The predicted octanol–water partition coefficient (Wildman–Crippen LogP) is 6.21. The van der Waals surface area contributed by atoms with Gasteiger partial charge in [-0.05, 0) is 88.5 Å². The number of fused-ring (bicyclic) bond motifs is 3. The van der Waals surface area contributed by atoms with E-state index in [4.69, 9.17) is 4.74 Å². The van der Waals surface area contributed by atoms with E-state index in [0.717, 1.165) is 58.4 Å². The molecule has 1 N–H and O–H groups in total. The summed E-state index contributed by atoms with van der Waals surface area (Å²) in [5.74, 6) is -0.404. The number of halogens is 1. The number of piperidine rings is 1. The summed E-state index contributed by atoms with van der Waals surface area (Å²) in [7, 11) is 2.12. The predicted molar refractivity (Wildman–Crippen MR) is 163 cm³/mol. The normalized spacial score (nSPS) is 18.9. The lowest BCUT2D eigenvalue weighted by Crippen LogP contribution is -2.37. The zero-order chi connectivity index (χ0) is 28.3. The Bertz CT molecular complexity index is 1520. The number of aromatic nitrogens is 1. The Balaban J connectivity index is 1.01. The van der Waals surface area contributed by atoms with Gasteiger partial charge in [-0.3, -0.25) is 9.69 Å². The average molecular weight is 557 g/mol. The number of hydrogen-bond donors (Lipinski definition) is 1. The molecule has 216 valence electrons. The molecule has 1 atom stereocenters. The molecule has 4 aromatic rings. The van der Waals surface area contributed by atoms with Crippen LogP contribution in [0.4, 0.5) is 4.39 Å². The standard InChI is InChI=1S/C34H41FN4O2/c1-3-39-32-9-5-4-8-28(32)30-21-24(10-13-33(30)39)23-38-19-15-26(16-20-38)41-27-11-12-29(31(35)22-27)34(40)36-17-14-25-7-6-18-37(25)2/h4-5,8-13,21-22,25-26H,3,6-7,14-20,23H2,1-2H3,(H,36,40). The zero-order valence-corrected chi connectivity index (χ0v) is 24.2. The van der Waals surface area contributed by atoms with Gasteiger partial charge in [-0.2, -0.15) is 0 Å². The van der Waals surface area contributed by atoms with Crippen molar-refractivity contribution in [3.63, 3.8) is 0 Å². The van der Waals surface area contributed by atoms with Crippen LogP contribution < -0.4 is 10.1 Å². The van der Waals surface area contributed by atoms with Crippen molar-refractivity contribution in [1.82, 2.24) is 19.7 Å². The van der Waals surface area contributed by atoms with Crippen molar-refractivity contribution in [2.24, 2.45) is 0 Å². The van der Waals surface area contributed by atoms with Crippen molar-refractivity contribution in [3.8, 4) is 5.75 Å². The van der Waals surface area contributed by atoms with Crippen molar-refractivity contribution in [2.75, 3.05) is 33.2 Å². The second-order valence-corrected chi connectivity index (χ2v) is 11.7. The minimum atomic E-state index is -0.532. The number of aryl methyl sites for hydroxylation is 1. The van der Waals surface area contributed by atoms with Gasteiger partial charge in [0.15, 0.2) is 0 Å². The fraction of sp³-hybridized carbons (Fsp3) is 0.441. The molecular formula is C34H41FN4O2. The zero-order valence-electron chi connectivity index (χ0n) is 24.2. The molecule has 2 fully saturated rings. The molecule has 2 aliphatic rings. The van der Waals surface area contributed by atoms with Crippen molar-refractivity contribution in [3.05, 3.63) is 77.6 Å². The summed E-state index contributed by atoms with van der Waals surface area (Å²) in [5.41, 5.74) is 3.97. The SMILES string of the molecule is CCn1c2ccccc2c2cc(CN3CCC(Oc4ccc(C(=O)NCCC5CCCN5C)c(F)c4)CC3)ccc21. The number of carbonyl (C=O) groups excluding carboxylic acids is 1. The molecule has 0 aliphatic carbocycles. The number of nitrogens with zero attached hydrogens (tertiary/aromatic N) is 3. The topological polar surface area (TPSA) is 49.7 Å². The van der Waals surface area contributed by atoms with Crippen LogP contribution in [0.15, 0.2) is 60.7 Å². The number of benzene rings is 3. The van der Waals surface area contributed by atoms with E-state index in [0.29, 0.717) is 18.3 Å². The Morgan fingerprint density at radius 3 is 2.54 bits per heavy atom. The minimum Gasteiger partial charge on any atom is -0.490 e. The van der Waals surface area contributed by atoms with E-state index in [1.807, 2.05) is 0 Å². The summed E-state index contributed by atoms with van der Waals surface area (Å²) in [6.45, 7) is 7.58. The van der Waals surface area contributed by atoms with Crippen molar-refractivity contribution < 1.29 is 13.9 Å². The van der Waals surface area contributed by atoms with E-state index in [1.165, 1.54) is 39.9 Å². The Morgan fingerprint density at radius 2 is 1.78 bits per heavy atom. The van der Waals surface area contributed by atoms with E-state index >= 15 is 0 Å². The first-order chi connectivity index (χ1) is 20.0. The fourth-order valence-electron chi connectivity index (χ4n) is 6.72. The minimum absolute atomic E-state index is 0.0405. The van der Waals surface area contributed by atoms with Crippen LogP contribution in [0.3, 0.4) is 0 Å². The van der Waals surface area contributed by atoms with Crippen LogP contribution in [0.1, 0.15) is 54.9 Å². The molecule has 6 rings (SSSR count). The van der Waals surface area contributed by atoms with Gasteiger partial charge in [0, 0.05) is 66.6 Å². The highest BCUT2D eigenvalue weighted by Gasteiger charge is 2.23. The summed E-state index contributed by atoms with van der Waals surface area (Å²) < 4.78 is 23.4. The summed E-state index contributed by atoms with van der Waals surface area (Å²) in [5, 5.41) is 5.51. The molecule has 1 amide bonds. The average Bonchev–Trinajstić information content (AvgIpc) is 3.54. The molecule has 0 spiro atoms. The number of nitrogens with one attached hydrogen (secondary N) is 1. The molecular weight excluding hydrogens is 515 g/mol. The van der Waals surface area contributed by atoms with Crippen molar-refractivity contribution in [2.45, 2.75) is 64.3 Å². The Hall–Kier alpha value is -3.42. The molecule has 3 heterocycles. The van der Waals surface area contributed by atoms with Gasteiger partial charge in [0.2, 0.25) is 0 Å². The molecule has 1 aromatic heterocycles. The molecule has 0 saturated carbocycles. The second kappa shape index (κ2) is 12.2. The number of carbonyl (C=O) groups is 1. The van der Waals surface area contributed by atoms with Crippen LogP contribution in [-0.2, 0) is 13.1 Å². The summed E-state index contributed by atoms with van der Waals surface area (Å²) in [4.78, 5) is 17.3. The molecule has 2 aliphatic heterocycles. The molecule has 0 bridgehead atoms. The highest BCUT2D eigenvalue weighted by atomic mass is 19.1. The van der Waals surface area contributed by atoms with Crippen molar-refractivity contribution in [1.29, 1.82) is 0 Å². The van der Waals surface area contributed by atoms with Crippen molar-refractivity contribution >= 4 is 27.7 Å². The molecule has 1 unspecified atom stereocenters. The number of para-hydroxylation sites is 1. The Labute approximate surface area is 242 Å². The molecule has 3 aromatic carbocycles. The third-order valence-electron chi connectivity index (χ3n) is 9.02. The van der Waals surface area contributed by atoms with Crippen LogP contribution in [-0.4, -0.2) is 65.6 Å². The van der Waals surface area contributed by atoms with E-state index in [1.54, 1.807) is 12.1 Å².